The van der Waals surface area contributed by atoms with Gasteiger partial charge in [0.25, 0.3) is 0 Å². The molecule has 2 rings (SSSR count). The summed E-state index contributed by atoms with van der Waals surface area (Å²) in [5.41, 5.74) is 1.68. The van der Waals surface area contributed by atoms with Gasteiger partial charge in [0, 0.05) is 24.8 Å². The molecular formula is C17H27FN2. The maximum absolute atomic E-state index is 14.3. The Balaban J connectivity index is 2.10. The maximum atomic E-state index is 14.3. The quantitative estimate of drug-likeness (QED) is 0.814. The molecule has 1 heterocycles. The van der Waals surface area contributed by atoms with Crippen molar-refractivity contribution < 1.29 is 4.39 Å². The summed E-state index contributed by atoms with van der Waals surface area (Å²) in [4.78, 5) is 4.59. The fourth-order valence-electron chi connectivity index (χ4n) is 2.95. The summed E-state index contributed by atoms with van der Waals surface area (Å²) in [6.07, 6.45) is 2.30. The van der Waals surface area contributed by atoms with Gasteiger partial charge in [-0.15, -0.1) is 0 Å². The number of halogens is 1. The van der Waals surface area contributed by atoms with Gasteiger partial charge in [0.15, 0.2) is 0 Å². The fourth-order valence-corrected chi connectivity index (χ4v) is 2.95. The molecule has 0 saturated carbocycles. The molecule has 0 spiro atoms. The van der Waals surface area contributed by atoms with Crippen molar-refractivity contribution in [3.05, 3.63) is 29.6 Å². The molecule has 1 fully saturated rings. The van der Waals surface area contributed by atoms with Crippen molar-refractivity contribution in [2.24, 2.45) is 0 Å². The van der Waals surface area contributed by atoms with Crippen LogP contribution in [-0.2, 0) is 5.41 Å². The van der Waals surface area contributed by atoms with Crippen LogP contribution in [-0.4, -0.2) is 38.1 Å². The van der Waals surface area contributed by atoms with Crippen molar-refractivity contribution in [3.8, 4) is 0 Å². The Morgan fingerprint density at radius 3 is 2.20 bits per heavy atom. The highest BCUT2D eigenvalue weighted by atomic mass is 19.1. The summed E-state index contributed by atoms with van der Waals surface area (Å²) >= 11 is 0. The molecule has 112 valence electrons. The summed E-state index contributed by atoms with van der Waals surface area (Å²) in [7, 11) is 4.27. The summed E-state index contributed by atoms with van der Waals surface area (Å²) in [5.74, 6) is -0.0790. The van der Waals surface area contributed by atoms with Crippen LogP contribution in [0.3, 0.4) is 0 Å². The molecule has 0 radical (unpaired) electrons. The van der Waals surface area contributed by atoms with Crippen LogP contribution in [0.2, 0.25) is 0 Å². The molecule has 0 unspecified atom stereocenters. The minimum Gasteiger partial charge on any atom is -0.371 e. The zero-order valence-corrected chi connectivity index (χ0v) is 13.4. The molecule has 1 saturated heterocycles. The SMILES string of the molecule is CN(C)C1CCN(c2ccc(C(C)(C)C)c(F)c2)CC1. The zero-order chi connectivity index (χ0) is 14.9. The molecule has 1 aliphatic rings. The van der Waals surface area contributed by atoms with E-state index in [1.54, 1.807) is 6.07 Å². The van der Waals surface area contributed by atoms with Crippen molar-refractivity contribution in [2.45, 2.75) is 45.1 Å². The molecule has 20 heavy (non-hydrogen) atoms. The largest absolute Gasteiger partial charge is 0.371 e. The Bertz CT molecular complexity index is 455. The molecule has 0 atom stereocenters. The van der Waals surface area contributed by atoms with E-state index in [-0.39, 0.29) is 11.2 Å². The third kappa shape index (κ3) is 3.32. The zero-order valence-electron chi connectivity index (χ0n) is 13.4. The van der Waals surface area contributed by atoms with Crippen LogP contribution in [0.1, 0.15) is 39.2 Å². The number of benzene rings is 1. The van der Waals surface area contributed by atoms with Gasteiger partial charge >= 0.3 is 0 Å². The lowest BCUT2D eigenvalue weighted by molar-refractivity contribution is 0.249. The van der Waals surface area contributed by atoms with Crippen molar-refractivity contribution in [3.63, 3.8) is 0 Å². The lowest BCUT2D eigenvalue weighted by Gasteiger charge is -2.36. The lowest BCUT2D eigenvalue weighted by atomic mass is 9.86. The van der Waals surface area contributed by atoms with Crippen LogP contribution >= 0.6 is 0 Å². The Kier molecular flexibility index (Phi) is 4.38. The summed E-state index contributed by atoms with van der Waals surface area (Å²) in [5, 5.41) is 0. The van der Waals surface area contributed by atoms with Crippen molar-refractivity contribution in [2.75, 3.05) is 32.1 Å². The number of piperidine rings is 1. The minimum atomic E-state index is -0.138. The first-order valence-corrected chi connectivity index (χ1v) is 7.50. The van der Waals surface area contributed by atoms with E-state index in [1.165, 1.54) is 0 Å². The average Bonchev–Trinajstić information content (AvgIpc) is 2.37. The van der Waals surface area contributed by atoms with Gasteiger partial charge in [0.1, 0.15) is 5.82 Å². The summed E-state index contributed by atoms with van der Waals surface area (Å²) in [6, 6.07) is 6.38. The Morgan fingerprint density at radius 2 is 1.75 bits per heavy atom. The van der Waals surface area contributed by atoms with Crippen LogP contribution in [0.25, 0.3) is 0 Å². The van der Waals surface area contributed by atoms with Crippen LogP contribution in [0.15, 0.2) is 18.2 Å². The van der Waals surface area contributed by atoms with Gasteiger partial charge in [-0.25, -0.2) is 4.39 Å². The van der Waals surface area contributed by atoms with Crippen molar-refractivity contribution in [1.82, 2.24) is 4.90 Å². The number of hydrogen-bond donors (Lipinski definition) is 0. The number of nitrogens with zero attached hydrogens (tertiary/aromatic N) is 2. The van der Waals surface area contributed by atoms with E-state index >= 15 is 0 Å². The Labute approximate surface area is 122 Å². The van der Waals surface area contributed by atoms with Crippen LogP contribution in [0.4, 0.5) is 10.1 Å². The Morgan fingerprint density at radius 1 is 1.15 bits per heavy atom. The fraction of sp³-hybridized carbons (Fsp3) is 0.647. The first-order chi connectivity index (χ1) is 9.29. The number of rotatable bonds is 2. The second-order valence-electron chi connectivity index (χ2n) is 7.10. The van der Waals surface area contributed by atoms with E-state index in [9.17, 15) is 4.39 Å². The van der Waals surface area contributed by atoms with Crippen LogP contribution in [0.5, 0.6) is 0 Å². The lowest BCUT2D eigenvalue weighted by Crippen LogP contribution is -2.42. The van der Waals surface area contributed by atoms with Gasteiger partial charge < -0.3 is 9.80 Å². The summed E-state index contributed by atoms with van der Waals surface area (Å²) < 4.78 is 14.3. The molecule has 3 heteroatoms. The van der Waals surface area contributed by atoms with Gasteiger partial charge in [-0.1, -0.05) is 26.8 Å². The predicted molar refractivity (Wildman–Crippen MR) is 84.0 cm³/mol. The van der Waals surface area contributed by atoms with E-state index in [0.717, 1.165) is 37.2 Å². The molecule has 0 amide bonds. The molecule has 1 aliphatic heterocycles. The highest BCUT2D eigenvalue weighted by Crippen LogP contribution is 2.29. The highest BCUT2D eigenvalue weighted by molar-refractivity contribution is 5.49. The highest BCUT2D eigenvalue weighted by Gasteiger charge is 2.23. The normalized spacial score (nSPS) is 17.9. The predicted octanol–water partition coefficient (Wildman–Crippen LogP) is 3.65. The van der Waals surface area contributed by atoms with Gasteiger partial charge in [0.05, 0.1) is 0 Å². The first-order valence-electron chi connectivity index (χ1n) is 7.50. The molecule has 0 N–H and O–H groups in total. The molecule has 0 bridgehead atoms. The average molecular weight is 278 g/mol. The van der Waals surface area contributed by atoms with Gasteiger partial charge in [-0.3, -0.25) is 0 Å². The molecule has 0 aliphatic carbocycles. The van der Waals surface area contributed by atoms with E-state index in [1.807, 2.05) is 26.8 Å². The molecule has 1 aromatic carbocycles. The van der Waals surface area contributed by atoms with Gasteiger partial charge in [-0.05, 0) is 50.0 Å². The van der Waals surface area contributed by atoms with Crippen molar-refractivity contribution in [1.29, 1.82) is 0 Å². The molecule has 2 nitrogen and oxygen atoms in total. The van der Waals surface area contributed by atoms with Gasteiger partial charge in [0.2, 0.25) is 0 Å². The smallest absolute Gasteiger partial charge is 0.128 e. The van der Waals surface area contributed by atoms with E-state index in [0.29, 0.717) is 6.04 Å². The number of hydrogen-bond acceptors (Lipinski definition) is 2. The molecule has 0 aromatic heterocycles. The molecular weight excluding hydrogens is 251 g/mol. The first kappa shape index (κ1) is 15.3. The third-order valence-electron chi connectivity index (χ3n) is 4.32. The van der Waals surface area contributed by atoms with Crippen LogP contribution in [0, 0.1) is 5.82 Å². The summed E-state index contributed by atoms with van der Waals surface area (Å²) in [6.45, 7) is 8.17. The topological polar surface area (TPSA) is 6.48 Å². The Hall–Kier alpha value is -1.09. The molecule has 1 aromatic rings. The third-order valence-corrected chi connectivity index (χ3v) is 4.32. The maximum Gasteiger partial charge on any atom is 0.128 e. The second kappa shape index (κ2) is 5.72. The van der Waals surface area contributed by atoms with E-state index in [2.05, 4.69) is 30.0 Å². The second-order valence-corrected chi connectivity index (χ2v) is 7.10. The van der Waals surface area contributed by atoms with Crippen molar-refractivity contribution >= 4 is 5.69 Å². The number of anilines is 1. The van der Waals surface area contributed by atoms with Gasteiger partial charge in [-0.2, -0.15) is 0 Å². The monoisotopic (exact) mass is 278 g/mol. The van der Waals surface area contributed by atoms with E-state index < -0.39 is 0 Å². The van der Waals surface area contributed by atoms with Crippen LogP contribution < -0.4 is 4.90 Å². The standard InChI is InChI=1S/C17H27FN2/c1-17(2,3)15-7-6-14(12-16(15)18)20-10-8-13(9-11-20)19(4)5/h6-7,12-13H,8-11H2,1-5H3. The minimum absolute atomic E-state index is 0.0790. The van der Waals surface area contributed by atoms with E-state index in [4.69, 9.17) is 0 Å².